The van der Waals surface area contributed by atoms with Crippen LogP contribution in [0.5, 0.6) is 0 Å². The molecule has 3 aromatic rings. The Bertz CT molecular complexity index is 1350. The van der Waals surface area contributed by atoms with Crippen LogP contribution in [0.3, 0.4) is 0 Å². The minimum Gasteiger partial charge on any atom is -0.378 e. The summed E-state index contributed by atoms with van der Waals surface area (Å²) in [4.78, 5) is 25.2. The van der Waals surface area contributed by atoms with Crippen LogP contribution < -0.4 is 16.4 Å². The van der Waals surface area contributed by atoms with Crippen LogP contribution in [0.25, 0.3) is 11.2 Å². The molecule has 2 aliphatic rings. The quantitative estimate of drug-likeness (QED) is 0.434. The first kappa shape index (κ1) is 25.1. The third kappa shape index (κ3) is 5.14. The summed E-state index contributed by atoms with van der Waals surface area (Å²) < 4.78 is 36.2. The molecule has 0 spiro atoms. The number of benzene rings is 1. The van der Waals surface area contributed by atoms with Crippen LogP contribution in [-0.4, -0.2) is 50.9 Å². The number of imidazole rings is 1. The van der Waals surface area contributed by atoms with Crippen LogP contribution in [0.4, 0.5) is 26.4 Å². The number of hydrogen-bond acceptors (Lipinski definition) is 8. The number of ether oxygens (including phenoxy) is 1. The molecule has 1 aliphatic heterocycles. The predicted molar refractivity (Wildman–Crippen MR) is 133 cm³/mol. The average Bonchev–Trinajstić information content (AvgIpc) is 3.24. The van der Waals surface area contributed by atoms with Gasteiger partial charge in [-0.2, -0.15) is 10.2 Å². The summed E-state index contributed by atoms with van der Waals surface area (Å²) in [5, 5.41) is 15.1. The van der Waals surface area contributed by atoms with Gasteiger partial charge in [-0.3, -0.25) is 9.36 Å². The van der Waals surface area contributed by atoms with Crippen molar-refractivity contribution >= 4 is 46.3 Å². The second kappa shape index (κ2) is 10.4. The number of rotatable bonds is 6. The summed E-state index contributed by atoms with van der Waals surface area (Å²) >= 11 is 6.28. The molecule has 0 radical (unpaired) electrons. The third-order valence-electron chi connectivity index (χ3n) is 6.91. The summed E-state index contributed by atoms with van der Waals surface area (Å²) in [5.74, 6) is -0.728. The molecule has 194 valence electrons. The maximum atomic E-state index is 14.8. The van der Waals surface area contributed by atoms with Gasteiger partial charge in [0.15, 0.2) is 5.65 Å². The lowest BCUT2D eigenvalue weighted by Gasteiger charge is -2.29. The van der Waals surface area contributed by atoms with E-state index in [1.165, 1.54) is 12.3 Å². The molecule has 1 saturated heterocycles. The number of hydrogen-bond donors (Lipinski definition) is 3. The Morgan fingerprint density at radius 3 is 2.70 bits per heavy atom. The van der Waals surface area contributed by atoms with Gasteiger partial charge >= 0.3 is 0 Å². The fourth-order valence-electron chi connectivity index (χ4n) is 4.91. The largest absolute Gasteiger partial charge is 0.378 e. The van der Waals surface area contributed by atoms with Crippen molar-refractivity contribution in [2.24, 2.45) is 11.7 Å². The number of nitriles is 1. The SMILES string of the molecule is N#Cc1cc(F)c(Nc2nc3cnc(N[C@H]4CCOC[C@H]4F)nc3n2[C@H]2CC[C@@H](C(N)=O)CC2)c(Cl)c1. The fraction of sp³-hybridized carbons (Fsp3) is 0.458. The minimum absolute atomic E-state index is 0.00588. The number of alkyl halides is 1. The van der Waals surface area contributed by atoms with E-state index in [0.717, 1.165) is 6.07 Å². The van der Waals surface area contributed by atoms with Crippen LogP contribution in [0.2, 0.25) is 5.02 Å². The van der Waals surface area contributed by atoms with E-state index in [4.69, 9.17) is 27.3 Å². The molecule has 2 fully saturated rings. The first-order valence-electron chi connectivity index (χ1n) is 12.0. The molecule has 0 unspecified atom stereocenters. The van der Waals surface area contributed by atoms with Crippen molar-refractivity contribution in [3.05, 3.63) is 34.7 Å². The second-order valence-electron chi connectivity index (χ2n) is 9.30. The number of nitrogens with one attached hydrogen (secondary N) is 2. The normalized spacial score (nSPS) is 23.9. The number of carbonyl (C=O) groups is 1. The van der Waals surface area contributed by atoms with E-state index in [9.17, 15) is 13.6 Å². The highest BCUT2D eigenvalue weighted by Crippen LogP contribution is 2.38. The Balaban J connectivity index is 1.53. The van der Waals surface area contributed by atoms with Gasteiger partial charge in [-0.05, 0) is 44.2 Å². The van der Waals surface area contributed by atoms with Gasteiger partial charge in [0.05, 0.1) is 41.2 Å². The van der Waals surface area contributed by atoms with Gasteiger partial charge in [0, 0.05) is 18.6 Å². The number of halogens is 3. The van der Waals surface area contributed by atoms with Crippen LogP contribution in [0, 0.1) is 23.1 Å². The average molecular weight is 531 g/mol. The highest BCUT2D eigenvalue weighted by Gasteiger charge is 2.30. The van der Waals surface area contributed by atoms with E-state index in [0.29, 0.717) is 49.9 Å². The van der Waals surface area contributed by atoms with Crippen LogP contribution in [0.15, 0.2) is 18.3 Å². The highest BCUT2D eigenvalue weighted by molar-refractivity contribution is 6.33. The van der Waals surface area contributed by atoms with Gasteiger partial charge < -0.3 is 21.1 Å². The van der Waals surface area contributed by atoms with Crippen LogP contribution >= 0.6 is 11.6 Å². The lowest BCUT2D eigenvalue weighted by Crippen LogP contribution is -2.39. The molecule has 5 rings (SSSR count). The van der Waals surface area contributed by atoms with Crippen molar-refractivity contribution < 1.29 is 18.3 Å². The zero-order chi connectivity index (χ0) is 26.1. The van der Waals surface area contributed by atoms with E-state index >= 15 is 0 Å². The Morgan fingerprint density at radius 1 is 1.24 bits per heavy atom. The molecule has 2 atom stereocenters. The molecular weight excluding hydrogens is 506 g/mol. The van der Waals surface area contributed by atoms with Gasteiger partial charge in [0.2, 0.25) is 17.8 Å². The number of nitrogens with zero attached hydrogens (tertiary/aromatic N) is 5. The van der Waals surface area contributed by atoms with Crippen molar-refractivity contribution in [1.29, 1.82) is 5.26 Å². The lowest BCUT2D eigenvalue weighted by molar-refractivity contribution is -0.122. The molecule has 1 aromatic carbocycles. The summed E-state index contributed by atoms with van der Waals surface area (Å²) in [6.45, 7) is 0.443. The topological polar surface area (TPSA) is 144 Å². The highest BCUT2D eigenvalue weighted by atomic mass is 35.5. The first-order chi connectivity index (χ1) is 17.8. The molecule has 13 heteroatoms. The summed E-state index contributed by atoms with van der Waals surface area (Å²) in [7, 11) is 0. The summed E-state index contributed by atoms with van der Waals surface area (Å²) in [6.07, 6.45) is 3.22. The molecule has 0 bridgehead atoms. The second-order valence-corrected chi connectivity index (χ2v) is 9.70. The first-order valence-corrected chi connectivity index (χ1v) is 12.4. The maximum Gasteiger partial charge on any atom is 0.225 e. The molecule has 37 heavy (non-hydrogen) atoms. The Morgan fingerprint density at radius 2 is 2.03 bits per heavy atom. The van der Waals surface area contributed by atoms with Gasteiger partial charge in [0.25, 0.3) is 0 Å². The number of anilines is 3. The van der Waals surface area contributed by atoms with E-state index in [2.05, 4.69) is 25.6 Å². The Labute approximate surface area is 216 Å². The summed E-state index contributed by atoms with van der Waals surface area (Å²) in [6, 6.07) is 3.71. The molecule has 1 amide bonds. The number of carbonyl (C=O) groups excluding carboxylic acids is 1. The molecule has 2 aromatic heterocycles. The van der Waals surface area contributed by atoms with Gasteiger partial charge in [0.1, 0.15) is 17.5 Å². The van der Waals surface area contributed by atoms with Gasteiger partial charge in [-0.15, -0.1) is 0 Å². The third-order valence-corrected chi connectivity index (χ3v) is 7.20. The molecule has 1 saturated carbocycles. The van der Waals surface area contributed by atoms with Crippen molar-refractivity contribution in [2.75, 3.05) is 23.8 Å². The monoisotopic (exact) mass is 530 g/mol. The fourth-order valence-corrected chi connectivity index (χ4v) is 5.17. The number of aromatic nitrogens is 4. The van der Waals surface area contributed by atoms with Crippen molar-refractivity contribution in [3.63, 3.8) is 0 Å². The van der Waals surface area contributed by atoms with Crippen molar-refractivity contribution in [3.8, 4) is 6.07 Å². The number of nitrogens with two attached hydrogens (primary N) is 1. The standard InChI is InChI=1S/C24H25ClF2N8O2/c25-15-7-12(9-28)8-16(26)20(15)33-24-32-19-10-30-23(31-18-5-6-37-11-17(18)27)34-22(19)35(24)14-3-1-13(2-4-14)21(29)36/h7-8,10,13-14,17-18H,1-6,11H2,(H2,29,36)(H,32,33)(H,30,31,34)/t13-,14+,17-,18+/m1/s1. The molecule has 10 nitrogen and oxygen atoms in total. The Hall–Kier alpha value is -3.56. The van der Waals surface area contributed by atoms with Gasteiger partial charge in [-0.25, -0.2) is 18.7 Å². The van der Waals surface area contributed by atoms with E-state index in [1.807, 2.05) is 10.6 Å². The predicted octanol–water partition coefficient (Wildman–Crippen LogP) is 3.99. The smallest absolute Gasteiger partial charge is 0.225 e. The van der Waals surface area contributed by atoms with Crippen LogP contribution in [-0.2, 0) is 9.53 Å². The van der Waals surface area contributed by atoms with Crippen molar-refractivity contribution in [1.82, 2.24) is 19.5 Å². The van der Waals surface area contributed by atoms with E-state index in [-0.39, 0.29) is 52.6 Å². The molecule has 3 heterocycles. The lowest BCUT2D eigenvalue weighted by atomic mass is 9.85. The maximum absolute atomic E-state index is 14.8. The number of fused-ring (bicyclic) bond motifs is 1. The molecule has 1 aliphatic carbocycles. The molecular formula is C24H25ClF2N8O2. The van der Waals surface area contributed by atoms with Gasteiger partial charge in [-0.1, -0.05) is 11.6 Å². The number of amides is 1. The van der Waals surface area contributed by atoms with E-state index in [1.54, 1.807) is 0 Å². The number of primary amides is 1. The minimum atomic E-state index is -1.19. The zero-order valence-electron chi connectivity index (χ0n) is 19.8. The van der Waals surface area contributed by atoms with E-state index < -0.39 is 18.0 Å². The van der Waals surface area contributed by atoms with Crippen LogP contribution in [0.1, 0.15) is 43.7 Å². The Kier molecular flexibility index (Phi) is 7.08. The van der Waals surface area contributed by atoms with Crippen molar-refractivity contribution in [2.45, 2.75) is 50.4 Å². The summed E-state index contributed by atoms with van der Waals surface area (Å²) in [5.41, 5.74) is 6.48. The zero-order valence-corrected chi connectivity index (χ0v) is 20.5. The molecule has 4 N–H and O–H groups in total.